The van der Waals surface area contributed by atoms with E-state index in [4.69, 9.17) is 0 Å². The lowest BCUT2D eigenvalue weighted by atomic mass is 9.85. The Morgan fingerprint density at radius 2 is 1.78 bits per heavy atom. The van der Waals surface area contributed by atoms with Crippen LogP contribution in [0.1, 0.15) is 59.8 Å². The van der Waals surface area contributed by atoms with Crippen LogP contribution in [0.5, 0.6) is 0 Å². The lowest BCUT2D eigenvalue weighted by Gasteiger charge is -2.40. The fourth-order valence-electron chi connectivity index (χ4n) is 3.20. The predicted octanol–water partition coefficient (Wildman–Crippen LogP) is 3.52. The highest BCUT2D eigenvalue weighted by atomic mass is 15.2. The third-order valence-corrected chi connectivity index (χ3v) is 4.63. The van der Waals surface area contributed by atoms with E-state index >= 15 is 0 Å². The van der Waals surface area contributed by atoms with Gasteiger partial charge in [0.1, 0.15) is 0 Å². The molecule has 1 atom stereocenters. The summed E-state index contributed by atoms with van der Waals surface area (Å²) in [5.41, 5.74) is 0. The zero-order valence-corrected chi connectivity index (χ0v) is 13.2. The molecule has 2 heteroatoms. The fourth-order valence-corrected chi connectivity index (χ4v) is 3.20. The van der Waals surface area contributed by atoms with Crippen LogP contribution in [0.2, 0.25) is 0 Å². The fraction of sp³-hybridized carbons (Fsp3) is 1.00. The van der Waals surface area contributed by atoms with Crippen molar-refractivity contribution in [3.8, 4) is 0 Å². The van der Waals surface area contributed by atoms with Gasteiger partial charge in [-0.15, -0.1) is 0 Å². The Balaban J connectivity index is 2.45. The van der Waals surface area contributed by atoms with Crippen molar-refractivity contribution in [2.75, 3.05) is 20.1 Å². The third kappa shape index (κ3) is 4.89. The van der Waals surface area contributed by atoms with E-state index in [1.165, 1.54) is 32.1 Å². The number of nitrogens with one attached hydrogen (secondary N) is 1. The molecule has 108 valence electrons. The van der Waals surface area contributed by atoms with E-state index in [0.29, 0.717) is 6.04 Å². The van der Waals surface area contributed by atoms with Crippen molar-refractivity contribution in [1.82, 2.24) is 10.2 Å². The van der Waals surface area contributed by atoms with Crippen LogP contribution in [0.4, 0.5) is 0 Å². The summed E-state index contributed by atoms with van der Waals surface area (Å²) in [6.45, 7) is 11.7. The van der Waals surface area contributed by atoms with Crippen LogP contribution in [0, 0.1) is 11.8 Å². The van der Waals surface area contributed by atoms with Gasteiger partial charge in [-0.25, -0.2) is 0 Å². The molecule has 1 aliphatic carbocycles. The normalized spacial score (nSPS) is 26.8. The molecule has 1 aliphatic rings. The first-order chi connectivity index (χ1) is 8.56. The SMILES string of the molecule is CCCNCC(C(C)C)N(C)C1CCC(C)CC1. The van der Waals surface area contributed by atoms with Crippen LogP contribution in [0.15, 0.2) is 0 Å². The zero-order chi connectivity index (χ0) is 13.5. The molecule has 0 bridgehead atoms. The van der Waals surface area contributed by atoms with Crippen LogP contribution in [-0.4, -0.2) is 37.1 Å². The molecule has 0 spiro atoms. The minimum absolute atomic E-state index is 0.690. The van der Waals surface area contributed by atoms with Crippen LogP contribution >= 0.6 is 0 Å². The Bertz CT molecular complexity index is 207. The molecule has 0 saturated heterocycles. The van der Waals surface area contributed by atoms with Crippen molar-refractivity contribution in [2.24, 2.45) is 11.8 Å². The molecule has 0 aliphatic heterocycles. The maximum absolute atomic E-state index is 3.60. The Morgan fingerprint density at radius 3 is 2.28 bits per heavy atom. The molecule has 0 aromatic rings. The summed E-state index contributed by atoms with van der Waals surface area (Å²) >= 11 is 0. The highest BCUT2D eigenvalue weighted by molar-refractivity contribution is 4.83. The topological polar surface area (TPSA) is 15.3 Å². The lowest BCUT2D eigenvalue weighted by Crippen LogP contribution is -2.49. The van der Waals surface area contributed by atoms with Crippen molar-refractivity contribution in [2.45, 2.75) is 71.9 Å². The van der Waals surface area contributed by atoms with Crippen molar-refractivity contribution in [3.05, 3.63) is 0 Å². The van der Waals surface area contributed by atoms with E-state index in [1.807, 2.05) is 0 Å². The molecule has 1 saturated carbocycles. The summed E-state index contributed by atoms with van der Waals surface area (Å²) in [4.78, 5) is 2.67. The van der Waals surface area contributed by atoms with Gasteiger partial charge in [0.05, 0.1) is 0 Å². The number of likely N-dealkylation sites (N-methyl/N-ethyl adjacent to an activating group) is 1. The van der Waals surface area contributed by atoms with Crippen molar-refractivity contribution in [3.63, 3.8) is 0 Å². The summed E-state index contributed by atoms with van der Waals surface area (Å²) in [6, 6.07) is 1.51. The standard InChI is InChI=1S/C16H34N2/c1-6-11-17-12-16(13(2)3)18(5)15-9-7-14(4)8-10-15/h13-17H,6-12H2,1-5H3. The van der Waals surface area contributed by atoms with E-state index < -0.39 is 0 Å². The maximum Gasteiger partial charge on any atom is 0.0243 e. The first kappa shape index (κ1) is 16.0. The van der Waals surface area contributed by atoms with Crippen LogP contribution in [0.3, 0.4) is 0 Å². The second kappa shape index (κ2) is 8.16. The van der Waals surface area contributed by atoms with Gasteiger partial charge in [0.15, 0.2) is 0 Å². The molecular formula is C16H34N2. The summed E-state index contributed by atoms with van der Waals surface area (Å²) in [5, 5.41) is 3.60. The average molecular weight is 254 g/mol. The summed E-state index contributed by atoms with van der Waals surface area (Å²) in [7, 11) is 2.35. The number of hydrogen-bond donors (Lipinski definition) is 1. The van der Waals surface area contributed by atoms with Gasteiger partial charge in [-0.05, 0) is 57.5 Å². The van der Waals surface area contributed by atoms with Crippen molar-refractivity contribution < 1.29 is 0 Å². The van der Waals surface area contributed by atoms with Gasteiger partial charge in [-0.2, -0.15) is 0 Å². The van der Waals surface area contributed by atoms with Gasteiger partial charge in [0.25, 0.3) is 0 Å². The predicted molar refractivity (Wildman–Crippen MR) is 81.0 cm³/mol. The lowest BCUT2D eigenvalue weighted by molar-refractivity contribution is 0.0963. The van der Waals surface area contributed by atoms with Crippen molar-refractivity contribution in [1.29, 1.82) is 0 Å². The second-order valence-corrected chi connectivity index (χ2v) is 6.59. The minimum atomic E-state index is 0.690. The number of rotatable bonds is 7. The Kier molecular flexibility index (Phi) is 7.25. The van der Waals surface area contributed by atoms with Gasteiger partial charge in [-0.1, -0.05) is 27.7 Å². The largest absolute Gasteiger partial charge is 0.315 e. The monoisotopic (exact) mass is 254 g/mol. The first-order valence-electron chi connectivity index (χ1n) is 7.98. The smallest absolute Gasteiger partial charge is 0.0243 e. The van der Waals surface area contributed by atoms with E-state index in [0.717, 1.165) is 31.0 Å². The van der Waals surface area contributed by atoms with Crippen LogP contribution in [-0.2, 0) is 0 Å². The van der Waals surface area contributed by atoms with Crippen LogP contribution < -0.4 is 5.32 Å². The maximum atomic E-state index is 3.60. The number of nitrogens with zero attached hydrogens (tertiary/aromatic N) is 1. The van der Waals surface area contributed by atoms with Crippen molar-refractivity contribution >= 4 is 0 Å². The van der Waals surface area contributed by atoms with E-state index in [1.54, 1.807) is 0 Å². The molecule has 0 amide bonds. The minimum Gasteiger partial charge on any atom is -0.315 e. The Hall–Kier alpha value is -0.0800. The average Bonchev–Trinajstić information content (AvgIpc) is 2.34. The molecule has 0 aromatic heterocycles. The van der Waals surface area contributed by atoms with E-state index in [9.17, 15) is 0 Å². The quantitative estimate of drug-likeness (QED) is 0.699. The molecule has 1 rings (SSSR count). The molecule has 2 nitrogen and oxygen atoms in total. The van der Waals surface area contributed by atoms with Gasteiger partial charge in [-0.3, -0.25) is 4.90 Å². The zero-order valence-electron chi connectivity index (χ0n) is 13.2. The Labute approximate surface area is 115 Å². The summed E-state index contributed by atoms with van der Waals surface area (Å²) < 4.78 is 0. The van der Waals surface area contributed by atoms with Crippen LogP contribution in [0.25, 0.3) is 0 Å². The van der Waals surface area contributed by atoms with Gasteiger partial charge in [0.2, 0.25) is 0 Å². The second-order valence-electron chi connectivity index (χ2n) is 6.59. The summed E-state index contributed by atoms with van der Waals surface area (Å²) in [5.74, 6) is 1.68. The molecule has 1 unspecified atom stereocenters. The summed E-state index contributed by atoms with van der Waals surface area (Å²) in [6.07, 6.45) is 6.86. The third-order valence-electron chi connectivity index (χ3n) is 4.63. The highest BCUT2D eigenvalue weighted by Crippen LogP contribution is 2.28. The first-order valence-corrected chi connectivity index (χ1v) is 7.98. The van der Waals surface area contributed by atoms with E-state index in [2.05, 4.69) is 45.0 Å². The molecule has 0 radical (unpaired) electrons. The molecule has 1 N–H and O–H groups in total. The molecule has 1 fully saturated rings. The highest BCUT2D eigenvalue weighted by Gasteiger charge is 2.27. The molecular weight excluding hydrogens is 220 g/mol. The molecule has 0 aromatic carbocycles. The van der Waals surface area contributed by atoms with Gasteiger partial charge >= 0.3 is 0 Å². The van der Waals surface area contributed by atoms with Gasteiger partial charge in [0, 0.05) is 18.6 Å². The molecule has 18 heavy (non-hydrogen) atoms. The van der Waals surface area contributed by atoms with Gasteiger partial charge < -0.3 is 5.32 Å². The number of hydrogen-bond acceptors (Lipinski definition) is 2. The Morgan fingerprint density at radius 1 is 1.17 bits per heavy atom. The molecule has 0 heterocycles. The van der Waals surface area contributed by atoms with E-state index in [-0.39, 0.29) is 0 Å².